The number of rotatable bonds is 3. The molecule has 1 amide bonds. The molecule has 0 aliphatic carbocycles. The summed E-state index contributed by atoms with van der Waals surface area (Å²) in [4.78, 5) is 13.5. The van der Waals surface area contributed by atoms with Crippen LogP contribution in [0, 0.1) is 5.82 Å². The van der Waals surface area contributed by atoms with E-state index in [1.165, 1.54) is 24.4 Å². The van der Waals surface area contributed by atoms with E-state index < -0.39 is 23.9 Å². The topological polar surface area (TPSA) is 99.3 Å². The fourth-order valence-electron chi connectivity index (χ4n) is 1.69. The van der Waals surface area contributed by atoms with Gasteiger partial charge in [0, 0.05) is 22.7 Å². The number of nitrogens with one attached hydrogen (secondary N) is 1. The third-order valence-electron chi connectivity index (χ3n) is 2.59. The van der Waals surface area contributed by atoms with Gasteiger partial charge >= 0.3 is 0 Å². The van der Waals surface area contributed by atoms with Crippen molar-refractivity contribution < 1.29 is 19.4 Å². The number of benzene rings is 1. The normalized spacial score (nSPS) is 14.8. The van der Waals surface area contributed by atoms with Gasteiger partial charge in [0.25, 0.3) is 0 Å². The molecule has 0 aliphatic heterocycles. The van der Waals surface area contributed by atoms with Gasteiger partial charge in [0.05, 0.1) is 0 Å². The molecule has 6 heteroatoms. The lowest BCUT2D eigenvalue weighted by Crippen LogP contribution is -2.33. The number of amides is 1. The summed E-state index contributed by atoms with van der Waals surface area (Å²) in [5.41, 5.74) is 5.66. The Morgan fingerprint density at radius 3 is 2.76 bits per heavy atom. The van der Waals surface area contributed by atoms with Gasteiger partial charge in [-0.1, -0.05) is 0 Å². The zero-order valence-corrected chi connectivity index (χ0v) is 8.72. The van der Waals surface area contributed by atoms with Crippen molar-refractivity contribution in [3.05, 3.63) is 35.8 Å². The molecular formula is C11H11FN2O3. The van der Waals surface area contributed by atoms with E-state index in [0.717, 1.165) is 0 Å². The van der Waals surface area contributed by atoms with Crippen LogP contribution in [0.1, 0.15) is 11.7 Å². The molecular weight excluding hydrogens is 227 g/mol. The highest BCUT2D eigenvalue weighted by Crippen LogP contribution is 2.26. The lowest BCUT2D eigenvalue weighted by atomic mass is 10.0. The summed E-state index contributed by atoms with van der Waals surface area (Å²) >= 11 is 0. The molecule has 0 aliphatic rings. The summed E-state index contributed by atoms with van der Waals surface area (Å²) in [6, 6.07) is 3.93. The van der Waals surface area contributed by atoms with Gasteiger partial charge in [0.1, 0.15) is 11.9 Å². The van der Waals surface area contributed by atoms with E-state index in [4.69, 9.17) is 5.73 Å². The summed E-state index contributed by atoms with van der Waals surface area (Å²) < 4.78 is 12.9. The number of aliphatic hydroxyl groups is 2. The molecule has 1 heterocycles. The number of aromatic nitrogens is 1. The zero-order chi connectivity index (χ0) is 12.6. The molecule has 2 atom stereocenters. The first-order chi connectivity index (χ1) is 8.00. The Balaban J connectivity index is 2.46. The lowest BCUT2D eigenvalue weighted by molar-refractivity contribution is -0.131. The van der Waals surface area contributed by atoms with Crippen molar-refractivity contribution in [2.24, 2.45) is 5.73 Å². The zero-order valence-electron chi connectivity index (χ0n) is 8.72. The second kappa shape index (κ2) is 4.15. The highest BCUT2D eigenvalue weighted by molar-refractivity contribution is 5.85. The van der Waals surface area contributed by atoms with Gasteiger partial charge in [-0.25, -0.2) is 4.39 Å². The fraction of sp³-hybridized carbons (Fsp3) is 0.182. The van der Waals surface area contributed by atoms with Crippen LogP contribution in [0.15, 0.2) is 24.4 Å². The van der Waals surface area contributed by atoms with E-state index in [0.29, 0.717) is 16.5 Å². The lowest BCUT2D eigenvalue weighted by Gasteiger charge is -2.13. The Kier molecular flexibility index (Phi) is 2.83. The van der Waals surface area contributed by atoms with Crippen LogP contribution in [-0.4, -0.2) is 27.2 Å². The minimum absolute atomic E-state index is 0.298. The molecule has 5 N–H and O–H groups in total. The Hall–Kier alpha value is -1.92. The van der Waals surface area contributed by atoms with Gasteiger partial charge in [-0.15, -0.1) is 0 Å². The van der Waals surface area contributed by atoms with Gasteiger partial charge in [-0.05, 0) is 18.2 Å². The van der Waals surface area contributed by atoms with Crippen LogP contribution in [0.2, 0.25) is 0 Å². The monoisotopic (exact) mass is 238 g/mol. The molecule has 0 saturated carbocycles. The quantitative estimate of drug-likeness (QED) is 0.614. The summed E-state index contributed by atoms with van der Waals surface area (Å²) in [7, 11) is 0. The van der Waals surface area contributed by atoms with E-state index in [-0.39, 0.29) is 0 Å². The maximum Gasteiger partial charge on any atom is 0.249 e. The van der Waals surface area contributed by atoms with Crippen molar-refractivity contribution in [2.75, 3.05) is 0 Å². The molecule has 0 spiro atoms. The number of hydrogen-bond acceptors (Lipinski definition) is 3. The Morgan fingerprint density at radius 2 is 2.12 bits per heavy atom. The number of carbonyl (C=O) groups excluding carboxylic acids is 1. The van der Waals surface area contributed by atoms with Gasteiger partial charge in [0.2, 0.25) is 5.91 Å². The number of H-pyrrole nitrogens is 1. The van der Waals surface area contributed by atoms with Crippen molar-refractivity contribution in [3.8, 4) is 0 Å². The number of aliphatic hydroxyl groups excluding tert-OH is 2. The molecule has 0 radical (unpaired) electrons. The molecule has 1 aromatic carbocycles. The number of fused-ring (bicyclic) bond motifs is 1. The molecule has 0 saturated heterocycles. The molecule has 17 heavy (non-hydrogen) atoms. The van der Waals surface area contributed by atoms with Crippen molar-refractivity contribution in [3.63, 3.8) is 0 Å². The van der Waals surface area contributed by atoms with Crippen LogP contribution in [0.3, 0.4) is 0 Å². The largest absolute Gasteiger partial charge is 0.385 e. The van der Waals surface area contributed by atoms with Gasteiger partial charge in [0.15, 0.2) is 6.10 Å². The first-order valence-electron chi connectivity index (χ1n) is 4.92. The number of hydrogen-bond donors (Lipinski definition) is 4. The Morgan fingerprint density at radius 1 is 1.41 bits per heavy atom. The molecule has 1 aromatic heterocycles. The first-order valence-corrected chi connectivity index (χ1v) is 4.92. The van der Waals surface area contributed by atoms with E-state index in [1.54, 1.807) is 0 Å². The predicted octanol–water partition coefficient (Wildman–Crippen LogP) is 0.187. The molecule has 2 unspecified atom stereocenters. The van der Waals surface area contributed by atoms with E-state index in [9.17, 15) is 19.4 Å². The number of aromatic amines is 1. The second-order valence-corrected chi connectivity index (χ2v) is 3.73. The summed E-state index contributed by atoms with van der Waals surface area (Å²) in [6.45, 7) is 0. The van der Waals surface area contributed by atoms with Gasteiger partial charge in [-0.3, -0.25) is 4.79 Å². The fourth-order valence-corrected chi connectivity index (χ4v) is 1.69. The number of carbonyl (C=O) groups is 1. The number of primary amides is 1. The minimum Gasteiger partial charge on any atom is -0.385 e. The van der Waals surface area contributed by atoms with E-state index >= 15 is 0 Å². The Bertz CT molecular complexity index is 567. The number of nitrogens with two attached hydrogens (primary N) is 1. The molecule has 90 valence electrons. The molecule has 2 aromatic rings. The molecule has 5 nitrogen and oxygen atoms in total. The van der Waals surface area contributed by atoms with E-state index in [1.807, 2.05) is 0 Å². The summed E-state index contributed by atoms with van der Waals surface area (Å²) in [5, 5.41) is 19.6. The third-order valence-corrected chi connectivity index (χ3v) is 2.59. The SMILES string of the molecule is NC(=O)C(O)C(O)c1c[nH]c2cc(F)ccc12. The smallest absolute Gasteiger partial charge is 0.249 e. The molecule has 2 rings (SSSR count). The average Bonchev–Trinajstić information content (AvgIpc) is 2.69. The minimum atomic E-state index is -1.70. The average molecular weight is 238 g/mol. The maximum absolute atomic E-state index is 12.9. The van der Waals surface area contributed by atoms with Crippen LogP contribution in [-0.2, 0) is 4.79 Å². The summed E-state index contributed by atoms with van der Waals surface area (Å²) in [5.74, 6) is -1.44. The van der Waals surface area contributed by atoms with Crippen LogP contribution in [0.4, 0.5) is 4.39 Å². The van der Waals surface area contributed by atoms with E-state index in [2.05, 4.69) is 4.98 Å². The second-order valence-electron chi connectivity index (χ2n) is 3.73. The van der Waals surface area contributed by atoms with Crippen molar-refractivity contribution in [2.45, 2.75) is 12.2 Å². The molecule has 0 bridgehead atoms. The van der Waals surface area contributed by atoms with Crippen LogP contribution < -0.4 is 5.73 Å². The van der Waals surface area contributed by atoms with Crippen LogP contribution in [0.5, 0.6) is 0 Å². The standard InChI is InChI=1S/C11H11FN2O3/c12-5-1-2-6-7(4-14-8(6)3-5)9(15)10(16)11(13)17/h1-4,9-10,14-16H,(H2,13,17). The predicted molar refractivity (Wildman–Crippen MR) is 58.4 cm³/mol. The van der Waals surface area contributed by atoms with Crippen molar-refractivity contribution in [1.29, 1.82) is 0 Å². The van der Waals surface area contributed by atoms with Crippen LogP contribution >= 0.6 is 0 Å². The molecule has 0 fully saturated rings. The summed E-state index contributed by atoms with van der Waals surface area (Å²) in [6.07, 6.45) is -1.73. The van der Waals surface area contributed by atoms with Crippen molar-refractivity contribution in [1.82, 2.24) is 4.98 Å². The van der Waals surface area contributed by atoms with Gasteiger partial charge < -0.3 is 20.9 Å². The maximum atomic E-state index is 12.9. The van der Waals surface area contributed by atoms with Gasteiger partial charge in [-0.2, -0.15) is 0 Å². The highest BCUT2D eigenvalue weighted by Gasteiger charge is 2.25. The van der Waals surface area contributed by atoms with Crippen molar-refractivity contribution >= 4 is 16.8 Å². The Labute approximate surface area is 95.7 Å². The third kappa shape index (κ3) is 2.00. The highest BCUT2D eigenvalue weighted by atomic mass is 19.1. The number of halogens is 1. The van der Waals surface area contributed by atoms with Crippen LogP contribution in [0.25, 0.3) is 10.9 Å². The first kappa shape index (κ1) is 11.6.